The molecular formula is C14H21N3O3S. The number of nitrogens with zero attached hydrogens (tertiary/aromatic N) is 1. The third kappa shape index (κ3) is 2.95. The van der Waals surface area contributed by atoms with E-state index < -0.39 is 16.1 Å². The first-order valence-electron chi connectivity index (χ1n) is 7.01. The van der Waals surface area contributed by atoms with E-state index in [9.17, 15) is 13.2 Å². The number of aryl methyl sites for hydroxylation is 1. The first kappa shape index (κ1) is 15.9. The number of amides is 1. The largest absolute Gasteiger partial charge is 0.353 e. The van der Waals surface area contributed by atoms with Crippen molar-refractivity contribution in [3.63, 3.8) is 0 Å². The van der Waals surface area contributed by atoms with Crippen molar-refractivity contribution in [1.82, 2.24) is 9.62 Å². The Labute approximate surface area is 125 Å². The molecule has 116 valence electrons. The first-order chi connectivity index (χ1) is 9.91. The van der Waals surface area contributed by atoms with Gasteiger partial charge in [-0.1, -0.05) is 19.1 Å². The minimum atomic E-state index is -3.70. The Kier molecular flexibility index (Phi) is 4.65. The fourth-order valence-electron chi connectivity index (χ4n) is 2.55. The summed E-state index contributed by atoms with van der Waals surface area (Å²) in [6.45, 7) is 4.46. The van der Waals surface area contributed by atoms with Gasteiger partial charge in [0.1, 0.15) is 6.04 Å². The quantitative estimate of drug-likeness (QED) is 0.839. The smallest absolute Gasteiger partial charge is 0.244 e. The molecule has 1 fully saturated rings. The lowest BCUT2D eigenvalue weighted by atomic mass is 10.1. The number of rotatable bonds is 4. The van der Waals surface area contributed by atoms with Gasteiger partial charge in [0, 0.05) is 19.6 Å². The summed E-state index contributed by atoms with van der Waals surface area (Å²) in [6.07, 6.45) is 0.445. The van der Waals surface area contributed by atoms with Gasteiger partial charge in [0.25, 0.3) is 0 Å². The van der Waals surface area contributed by atoms with E-state index in [0.717, 1.165) is 5.56 Å². The Morgan fingerprint density at radius 1 is 1.43 bits per heavy atom. The molecule has 0 spiro atoms. The van der Waals surface area contributed by atoms with Crippen molar-refractivity contribution in [2.45, 2.75) is 37.8 Å². The van der Waals surface area contributed by atoms with Crippen LogP contribution in [0.4, 0.5) is 0 Å². The highest BCUT2D eigenvalue weighted by molar-refractivity contribution is 7.89. The van der Waals surface area contributed by atoms with Gasteiger partial charge in [-0.25, -0.2) is 8.42 Å². The van der Waals surface area contributed by atoms with E-state index in [0.29, 0.717) is 25.1 Å². The molecule has 1 amide bonds. The number of hydrogen-bond donors (Lipinski definition) is 2. The van der Waals surface area contributed by atoms with Gasteiger partial charge in [0.2, 0.25) is 15.9 Å². The molecule has 6 nitrogen and oxygen atoms in total. The van der Waals surface area contributed by atoms with Gasteiger partial charge in [-0.05, 0) is 30.5 Å². The van der Waals surface area contributed by atoms with Crippen LogP contribution in [0, 0.1) is 6.92 Å². The summed E-state index contributed by atoms with van der Waals surface area (Å²) in [5.74, 6) is -0.236. The van der Waals surface area contributed by atoms with E-state index in [1.54, 1.807) is 26.0 Å². The first-order valence-corrected chi connectivity index (χ1v) is 8.45. The van der Waals surface area contributed by atoms with Crippen LogP contribution < -0.4 is 11.1 Å². The summed E-state index contributed by atoms with van der Waals surface area (Å²) in [7, 11) is -3.70. The Bertz CT molecular complexity index is 643. The average Bonchev–Trinajstić information content (AvgIpc) is 2.47. The second-order valence-electron chi connectivity index (χ2n) is 5.13. The third-order valence-corrected chi connectivity index (χ3v) is 5.79. The minimum absolute atomic E-state index is 0.235. The molecule has 0 bridgehead atoms. The summed E-state index contributed by atoms with van der Waals surface area (Å²) >= 11 is 0. The predicted octanol–water partition coefficient (Wildman–Crippen LogP) is 0.353. The number of nitrogens with one attached hydrogen (secondary N) is 1. The zero-order valence-corrected chi connectivity index (χ0v) is 13.1. The number of carbonyl (C=O) groups is 1. The molecule has 0 aliphatic carbocycles. The maximum atomic E-state index is 12.9. The van der Waals surface area contributed by atoms with Crippen LogP contribution in [-0.2, 0) is 21.4 Å². The van der Waals surface area contributed by atoms with Crippen molar-refractivity contribution < 1.29 is 13.2 Å². The maximum Gasteiger partial charge on any atom is 0.244 e. The summed E-state index contributed by atoms with van der Waals surface area (Å²) in [6, 6.07) is 4.52. The lowest BCUT2D eigenvalue weighted by Gasteiger charge is -2.33. The lowest BCUT2D eigenvalue weighted by Crippen LogP contribution is -2.56. The van der Waals surface area contributed by atoms with E-state index in [1.807, 2.05) is 6.07 Å². The number of sulfonamides is 1. The summed E-state index contributed by atoms with van der Waals surface area (Å²) in [5, 5.41) is 2.71. The molecule has 21 heavy (non-hydrogen) atoms. The predicted molar refractivity (Wildman–Crippen MR) is 80.1 cm³/mol. The standard InChI is InChI=1S/C14H21N3O3S/c1-3-12-14(18)16-6-7-17(12)21(19,20)13-8-11(9-15)5-4-10(13)2/h4-5,8,12H,3,6-7,9,15H2,1-2H3,(H,16,18). The number of carbonyl (C=O) groups excluding carboxylic acids is 1. The van der Waals surface area contributed by atoms with Crippen LogP contribution in [0.25, 0.3) is 0 Å². The van der Waals surface area contributed by atoms with Crippen molar-refractivity contribution in [3.05, 3.63) is 29.3 Å². The molecule has 0 radical (unpaired) electrons. The van der Waals surface area contributed by atoms with Crippen LogP contribution in [0.2, 0.25) is 0 Å². The zero-order valence-electron chi connectivity index (χ0n) is 12.3. The van der Waals surface area contributed by atoms with Gasteiger partial charge in [-0.3, -0.25) is 4.79 Å². The molecule has 0 saturated carbocycles. The third-order valence-electron chi connectivity index (χ3n) is 3.74. The SMILES string of the molecule is CCC1C(=O)NCCN1S(=O)(=O)c1cc(CN)ccc1C. The van der Waals surface area contributed by atoms with Gasteiger partial charge >= 0.3 is 0 Å². The Morgan fingerprint density at radius 2 is 2.14 bits per heavy atom. The second kappa shape index (κ2) is 6.13. The highest BCUT2D eigenvalue weighted by atomic mass is 32.2. The molecule has 1 aliphatic heterocycles. The van der Waals surface area contributed by atoms with Gasteiger partial charge < -0.3 is 11.1 Å². The molecule has 1 saturated heterocycles. The summed E-state index contributed by atoms with van der Waals surface area (Å²) in [4.78, 5) is 12.1. The van der Waals surface area contributed by atoms with Crippen molar-refractivity contribution in [3.8, 4) is 0 Å². The molecule has 0 aromatic heterocycles. The van der Waals surface area contributed by atoms with E-state index in [1.165, 1.54) is 4.31 Å². The summed E-state index contributed by atoms with van der Waals surface area (Å²) in [5.41, 5.74) is 7.01. The van der Waals surface area contributed by atoms with Gasteiger partial charge in [-0.2, -0.15) is 4.31 Å². The van der Waals surface area contributed by atoms with Gasteiger partial charge in [-0.15, -0.1) is 0 Å². The fraction of sp³-hybridized carbons (Fsp3) is 0.500. The van der Waals surface area contributed by atoms with Gasteiger partial charge in [0.05, 0.1) is 4.90 Å². The molecule has 7 heteroatoms. The average molecular weight is 311 g/mol. The molecule has 1 heterocycles. The molecule has 1 aromatic rings. The van der Waals surface area contributed by atoms with Gasteiger partial charge in [0.15, 0.2) is 0 Å². The molecule has 1 aliphatic rings. The topological polar surface area (TPSA) is 92.5 Å². The Hall–Kier alpha value is -1.44. The molecule has 1 unspecified atom stereocenters. The van der Waals surface area contributed by atoms with Crippen LogP contribution in [0.3, 0.4) is 0 Å². The monoisotopic (exact) mass is 311 g/mol. The Balaban J connectivity index is 2.48. The van der Waals surface area contributed by atoms with Crippen molar-refractivity contribution in [2.75, 3.05) is 13.1 Å². The second-order valence-corrected chi connectivity index (χ2v) is 6.99. The zero-order chi connectivity index (χ0) is 15.6. The molecule has 3 N–H and O–H groups in total. The molecule has 1 aromatic carbocycles. The highest BCUT2D eigenvalue weighted by Crippen LogP contribution is 2.25. The normalized spacial score (nSPS) is 20.3. The minimum Gasteiger partial charge on any atom is -0.353 e. The molecule has 1 atom stereocenters. The van der Waals surface area contributed by atoms with Crippen molar-refractivity contribution >= 4 is 15.9 Å². The van der Waals surface area contributed by atoms with Crippen molar-refractivity contribution in [1.29, 1.82) is 0 Å². The summed E-state index contributed by atoms with van der Waals surface area (Å²) < 4.78 is 27.1. The van der Waals surface area contributed by atoms with Crippen LogP contribution in [-0.4, -0.2) is 37.8 Å². The van der Waals surface area contributed by atoms with E-state index in [-0.39, 0.29) is 17.3 Å². The van der Waals surface area contributed by atoms with Crippen molar-refractivity contribution in [2.24, 2.45) is 5.73 Å². The van der Waals surface area contributed by atoms with E-state index >= 15 is 0 Å². The molecular weight excluding hydrogens is 290 g/mol. The maximum absolute atomic E-state index is 12.9. The number of benzene rings is 1. The molecule has 2 rings (SSSR count). The number of piperazine rings is 1. The number of hydrogen-bond acceptors (Lipinski definition) is 4. The van der Waals surface area contributed by atoms with Crippen LogP contribution in [0.15, 0.2) is 23.1 Å². The van der Waals surface area contributed by atoms with Crippen LogP contribution >= 0.6 is 0 Å². The van der Waals surface area contributed by atoms with E-state index in [4.69, 9.17) is 5.73 Å². The lowest BCUT2D eigenvalue weighted by molar-refractivity contribution is -0.126. The van der Waals surface area contributed by atoms with E-state index in [2.05, 4.69) is 5.32 Å². The van der Waals surface area contributed by atoms with Crippen LogP contribution in [0.5, 0.6) is 0 Å². The number of nitrogens with two attached hydrogens (primary N) is 1. The Morgan fingerprint density at radius 3 is 2.76 bits per heavy atom. The highest BCUT2D eigenvalue weighted by Gasteiger charge is 2.37. The fourth-order valence-corrected chi connectivity index (χ4v) is 4.49. The van der Waals surface area contributed by atoms with Crippen LogP contribution in [0.1, 0.15) is 24.5 Å².